The number of ether oxygens (including phenoxy) is 1. The number of carbonyl (C=O) groups is 1. The molecule has 0 spiro atoms. The zero-order chi connectivity index (χ0) is 21.8. The lowest BCUT2D eigenvalue weighted by Crippen LogP contribution is -2.24. The summed E-state index contributed by atoms with van der Waals surface area (Å²) in [6, 6.07) is 13.8. The van der Waals surface area contributed by atoms with Crippen molar-refractivity contribution in [1.29, 1.82) is 0 Å². The van der Waals surface area contributed by atoms with Crippen molar-refractivity contribution in [2.45, 2.75) is 6.54 Å². The van der Waals surface area contributed by atoms with Crippen molar-refractivity contribution >= 4 is 5.91 Å². The van der Waals surface area contributed by atoms with Gasteiger partial charge in [-0.1, -0.05) is 11.3 Å². The van der Waals surface area contributed by atoms with E-state index in [-0.39, 0.29) is 17.8 Å². The van der Waals surface area contributed by atoms with Gasteiger partial charge in [-0.2, -0.15) is 0 Å². The minimum Gasteiger partial charge on any atom is -0.497 e. The molecule has 156 valence electrons. The Labute approximate surface area is 176 Å². The van der Waals surface area contributed by atoms with E-state index in [4.69, 9.17) is 4.74 Å². The van der Waals surface area contributed by atoms with Gasteiger partial charge >= 0.3 is 0 Å². The van der Waals surface area contributed by atoms with Gasteiger partial charge in [-0.05, 0) is 42.5 Å². The molecule has 2 aromatic carbocycles. The number of nitrogens with zero attached hydrogens (tertiary/aromatic N) is 4. The topological polar surface area (TPSA) is 81.9 Å². The molecule has 2 heterocycles. The number of aromatic nitrogens is 4. The Kier molecular flexibility index (Phi) is 5.65. The molecule has 7 nitrogen and oxygen atoms in total. The number of pyridine rings is 1. The van der Waals surface area contributed by atoms with Gasteiger partial charge in [-0.15, -0.1) is 5.10 Å². The second-order valence-electron chi connectivity index (χ2n) is 6.56. The molecule has 1 N–H and O–H groups in total. The number of benzene rings is 2. The minimum absolute atomic E-state index is 0.0475. The van der Waals surface area contributed by atoms with E-state index in [9.17, 15) is 13.6 Å². The molecule has 0 aliphatic carbocycles. The molecule has 1 amide bonds. The highest BCUT2D eigenvalue weighted by atomic mass is 19.1. The van der Waals surface area contributed by atoms with E-state index < -0.39 is 17.5 Å². The summed E-state index contributed by atoms with van der Waals surface area (Å²) in [5, 5.41) is 10.8. The number of methoxy groups -OCH3 is 1. The fourth-order valence-corrected chi connectivity index (χ4v) is 3.03. The third-order valence-corrected chi connectivity index (χ3v) is 4.59. The molecule has 31 heavy (non-hydrogen) atoms. The van der Waals surface area contributed by atoms with Gasteiger partial charge in [-0.25, -0.2) is 13.5 Å². The summed E-state index contributed by atoms with van der Waals surface area (Å²) in [4.78, 5) is 17.0. The number of hydrogen-bond acceptors (Lipinski definition) is 5. The first-order valence-electron chi connectivity index (χ1n) is 9.29. The molecule has 2 aromatic heterocycles. The molecule has 0 fully saturated rings. The maximum atomic E-state index is 13.9. The van der Waals surface area contributed by atoms with Crippen molar-refractivity contribution in [2.24, 2.45) is 0 Å². The molecule has 4 aromatic rings. The Balaban J connectivity index is 1.68. The number of rotatable bonds is 6. The van der Waals surface area contributed by atoms with Crippen LogP contribution < -0.4 is 10.1 Å². The minimum atomic E-state index is -0.741. The van der Waals surface area contributed by atoms with Crippen LogP contribution >= 0.6 is 0 Å². The molecule has 0 unspecified atom stereocenters. The Morgan fingerprint density at radius 1 is 1.13 bits per heavy atom. The molecule has 0 bridgehead atoms. The fourth-order valence-electron chi connectivity index (χ4n) is 3.03. The van der Waals surface area contributed by atoms with Crippen molar-refractivity contribution in [3.63, 3.8) is 0 Å². The van der Waals surface area contributed by atoms with Crippen LogP contribution in [0.4, 0.5) is 8.78 Å². The third kappa shape index (κ3) is 4.25. The van der Waals surface area contributed by atoms with Crippen molar-refractivity contribution in [3.8, 4) is 22.7 Å². The summed E-state index contributed by atoms with van der Waals surface area (Å²) in [6.07, 6.45) is 3.21. The molecular formula is C22H17F2N5O2. The summed E-state index contributed by atoms with van der Waals surface area (Å²) in [6.45, 7) is -0.132. The average molecular weight is 421 g/mol. The first-order chi connectivity index (χ1) is 15.1. The SMILES string of the molecule is COc1ccc(-n2nnc(C(=O)NCc3ccc(F)cc3F)c2-c2cccnc2)cc1. The summed E-state index contributed by atoms with van der Waals surface area (Å²) in [5.74, 6) is -1.31. The van der Waals surface area contributed by atoms with Crippen LogP contribution in [0.3, 0.4) is 0 Å². The van der Waals surface area contributed by atoms with Crippen LogP contribution in [0.1, 0.15) is 16.1 Å². The lowest BCUT2D eigenvalue weighted by atomic mass is 10.1. The predicted octanol–water partition coefficient (Wildman–Crippen LogP) is 3.55. The Bertz CT molecular complexity index is 1210. The zero-order valence-corrected chi connectivity index (χ0v) is 16.4. The van der Waals surface area contributed by atoms with E-state index in [1.165, 1.54) is 10.7 Å². The normalized spacial score (nSPS) is 10.7. The van der Waals surface area contributed by atoms with Gasteiger partial charge in [0.25, 0.3) is 5.91 Å². The third-order valence-electron chi connectivity index (χ3n) is 4.59. The number of halogens is 2. The summed E-state index contributed by atoms with van der Waals surface area (Å²) < 4.78 is 33.7. The number of carbonyl (C=O) groups excluding carboxylic acids is 1. The Hall–Kier alpha value is -4.14. The highest BCUT2D eigenvalue weighted by Crippen LogP contribution is 2.25. The van der Waals surface area contributed by atoms with Crippen LogP contribution in [0.15, 0.2) is 67.0 Å². The first-order valence-corrected chi connectivity index (χ1v) is 9.29. The van der Waals surface area contributed by atoms with Gasteiger partial charge in [0.1, 0.15) is 23.1 Å². The number of hydrogen-bond donors (Lipinski definition) is 1. The molecular weight excluding hydrogens is 404 g/mol. The number of nitrogens with one attached hydrogen (secondary N) is 1. The monoisotopic (exact) mass is 421 g/mol. The summed E-state index contributed by atoms with van der Waals surface area (Å²) in [7, 11) is 1.57. The maximum absolute atomic E-state index is 13.9. The second kappa shape index (κ2) is 8.70. The maximum Gasteiger partial charge on any atom is 0.274 e. The van der Waals surface area contributed by atoms with Gasteiger partial charge in [-0.3, -0.25) is 9.78 Å². The quantitative estimate of drug-likeness (QED) is 0.515. The predicted molar refractivity (Wildman–Crippen MR) is 109 cm³/mol. The van der Waals surface area contributed by atoms with Gasteiger partial charge in [0.05, 0.1) is 12.8 Å². The van der Waals surface area contributed by atoms with Crippen LogP contribution in [0.25, 0.3) is 16.9 Å². The van der Waals surface area contributed by atoms with Crippen LogP contribution in [-0.2, 0) is 6.54 Å². The van der Waals surface area contributed by atoms with E-state index in [0.29, 0.717) is 22.7 Å². The fraction of sp³-hybridized carbons (Fsp3) is 0.0909. The van der Waals surface area contributed by atoms with E-state index in [2.05, 4.69) is 20.6 Å². The second-order valence-corrected chi connectivity index (χ2v) is 6.56. The van der Waals surface area contributed by atoms with Gasteiger partial charge < -0.3 is 10.1 Å². The van der Waals surface area contributed by atoms with Crippen LogP contribution in [-0.4, -0.2) is 33.0 Å². The highest BCUT2D eigenvalue weighted by Gasteiger charge is 2.22. The standard InChI is InChI=1S/C22H17F2N5O2/c1-31-18-8-6-17(7-9-18)29-21(15-3-2-10-25-12-15)20(27-28-29)22(30)26-13-14-4-5-16(23)11-19(14)24/h2-12H,13H2,1H3,(H,26,30). The average Bonchev–Trinajstić information content (AvgIpc) is 3.24. The molecule has 0 atom stereocenters. The summed E-state index contributed by atoms with van der Waals surface area (Å²) >= 11 is 0. The number of amides is 1. The van der Waals surface area contributed by atoms with Crippen LogP contribution in [0.5, 0.6) is 5.75 Å². The Morgan fingerprint density at radius 2 is 1.94 bits per heavy atom. The molecule has 0 radical (unpaired) electrons. The molecule has 0 aliphatic rings. The van der Waals surface area contributed by atoms with E-state index in [0.717, 1.165) is 12.1 Å². The molecule has 4 rings (SSSR count). The van der Waals surface area contributed by atoms with Crippen molar-refractivity contribution < 1.29 is 18.3 Å². The smallest absolute Gasteiger partial charge is 0.274 e. The van der Waals surface area contributed by atoms with Crippen LogP contribution in [0, 0.1) is 11.6 Å². The molecule has 9 heteroatoms. The summed E-state index contributed by atoms with van der Waals surface area (Å²) in [5.41, 5.74) is 1.92. The van der Waals surface area contributed by atoms with Crippen LogP contribution in [0.2, 0.25) is 0 Å². The van der Waals surface area contributed by atoms with E-state index in [1.807, 2.05) is 0 Å². The Morgan fingerprint density at radius 3 is 2.61 bits per heavy atom. The van der Waals surface area contributed by atoms with Crippen molar-refractivity contribution in [2.75, 3.05) is 7.11 Å². The van der Waals surface area contributed by atoms with Gasteiger partial charge in [0, 0.05) is 36.1 Å². The lowest BCUT2D eigenvalue weighted by molar-refractivity contribution is 0.0946. The zero-order valence-electron chi connectivity index (χ0n) is 16.4. The van der Waals surface area contributed by atoms with Gasteiger partial charge in [0.2, 0.25) is 0 Å². The van der Waals surface area contributed by atoms with E-state index in [1.54, 1.807) is 55.9 Å². The van der Waals surface area contributed by atoms with Gasteiger partial charge in [0.15, 0.2) is 5.69 Å². The molecule has 0 saturated carbocycles. The largest absolute Gasteiger partial charge is 0.497 e. The molecule has 0 saturated heterocycles. The first kappa shape index (κ1) is 20.1. The lowest BCUT2D eigenvalue weighted by Gasteiger charge is -2.09. The molecule has 0 aliphatic heterocycles. The highest BCUT2D eigenvalue weighted by molar-refractivity contribution is 5.98. The van der Waals surface area contributed by atoms with E-state index >= 15 is 0 Å². The van der Waals surface area contributed by atoms with Crippen molar-refractivity contribution in [3.05, 3.63) is 89.9 Å². The van der Waals surface area contributed by atoms with Crippen molar-refractivity contribution in [1.82, 2.24) is 25.3 Å².